The summed E-state index contributed by atoms with van der Waals surface area (Å²) in [5.41, 5.74) is 1.78. The van der Waals surface area contributed by atoms with Gasteiger partial charge in [0.05, 0.1) is 6.04 Å². The molecule has 1 fully saturated rings. The fourth-order valence-corrected chi connectivity index (χ4v) is 3.28. The van der Waals surface area contributed by atoms with Crippen molar-refractivity contribution >= 4 is 17.0 Å². The van der Waals surface area contributed by atoms with E-state index in [4.69, 9.17) is 4.42 Å². The van der Waals surface area contributed by atoms with Crippen LogP contribution in [0.1, 0.15) is 50.0 Å². The monoisotopic (exact) mass is 336 g/mol. The van der Waals surface area contributed by atoms with Gasteiger partial charge in [0.2, 0.25) is 5.92 Å². The quantitative estimate of drug-likeness (QED) is 0.855. The fourth-order valence-electron chi connectivity index (χ4n) is 3.28. The number of fused-ring (bicyclic) bond motifs is 1. The number of halogens is 2. The summed E-state index contributed by atoms with van der Waals surface area (Å²) in [5.74, 6) is -1.88. The molecule has 1 aromatic carbocycles. The minimum Gasteiger partial charge on any atom is -0.459 e. The lowest BCUT2D eigenvalue weighted by atomic mass is 9.92. The Bertz CT molecular complexity index is 732. The van der Waals surface area contributed by atoms with Gasteiger partial charge in [-0.05, 0) is 32.8 Å². The molecule has 2 N–H and O–H groups in total. The van der Waals surface area contributed by atoms with Crippen molar-refractivity contribution in [3.63, 3.8) is 0 Å². The number of carbonyl (C=O) groups is 1. The molecule has 1 aliphatic carbocycles. The first kappa shape index (κ1) is 16.7. The first-order valence-electron chi connectivity index (χ1n) is 8.28. The zero-order chi connectivity index (χ0) is 17.3. The van der Waals surface area contributed by atoms with Crippen LogP contribution in [-0.2, 0) is 0 Å². The van der Waals surface area contributed by atoms with Crippen molar-refractivity contribution in [2.45, 2.75) is 57.5 Å². The number of para-hydroxylation sites is 1. The maximum Gasteiger partial charge on any atom is 0.315 e. The van der Waals surface area contributed by atoms with E-state index in [1.54, 1.807) is 0 Å². The van der Waals surface area contributed by atoms with Crippen LogP contribution in [0.25, 0.3) is 11.0 Å². The van der Waals surface area contributed by atoms with Gasteiger partial charge in [0.15, 0.2) is 0 Å². The second-order valence-corrected chi connectivity index (χ2v) is 6.56. The van der Waals surface area contributed by atoms with E-state index in [1.807, 2.05) is 38.1 Å². The number of furan rings is 1. The van der Waals surface area contributed by atoms with Gasteiger partial charge in [0, 0.05) is 29.8 Å². The molecule has 1 atom stereocenters. The molecule has 3 rings (SSSR count). The lowest BCUT2D eigenvalue weighted by molar-refractivity contribution is -0.0395. The minimum absolute atomic E-state index is 0.170. The maximum absolute atomic E-state index is 13.2. The van der Waals surface area contributed by atoms with E-state index in [9.17, 15) is 13.6 Å². The van der Waals surface area contributed by atoms with Gasteiger partial charge >= 0.3 is 6.03 Å². The number of aryl methyl sites for hydroxylation is 1. The van der Waals surface area contributed by atoms with Gasteiger partial charge in [-0.2, -0.15) is 0 Å². The molecule has 1 saturated carbocycles. The normalized spacial score (nSPS) is 19.2. The number of benzene rings is 1. The summed E-state index contributed by atoms with van der Waals surface area (Å²) >= 11 is 0. The molecule has 0 unspecified atom stereocenters. The highest BCUT2D eigenvalue weighted by molar-refractivity contribution is 5.82. The van der Waals surface area contributed by atoms with Gasteiger partial charge in [0.1, 0.15) is 11.3 Å². The summed E-state index contributed by atoms with van der Waals surface area (Å²) in [4.78, 5) is 12.1. The molecule has 6 heteroatoms. The molecular weight excluding hydrogens is 314 g/mol. The molecule has 24 heavy (non-hydrogen) atoms. The Labute approximate surface area is 139 Å². The molecule has 0 aliphatic heterocycles. The number of hydrogen-bond acceptors (Lipinski definition) is 2. The van der Waals surface area contributed by atoms with Crippen LogP contribution < -0.4 is 10.6 Å². The fraction of sp³-hybridized carbons (Fsp3) is 0.500. The molecule has 0 radical (unpaired) electrons. The molecule has 4 nitrogen and oxygen atoms in total. The Morgan fingerprint density at radius 2 is 1.96 bits per heavy atom. The van der Waals surface area contributed by atoms with E-state index in [1.165, 1.54) is 0 Å². The van der Waals surface area contributed by atoms with Gasteiger partial charge < -0.3 is 15.1 Å². The predicted octanol–water partition coefficient (Wildman–Crippen LogP) is 4.68. The Balaban J connectivity index is 1.60. The lowest BCUT2D eigenvalue weighted by Crippen LogP contribution is -2.45. The third-order valence-corrected chi connectivity index (χ3v) is 4.67. The Morgan fingerprint density at radius 1 is 1.29 bits per heavy atom. The van der Waals surface area contributed by atoms with Gasteiger partial charge in [-0.25, -0.2) is 13.6 Å². The van der Waals surface area contributed by atoms with E-state index in [0.29, 0.717) is 18.6 Å². The van der Waals surface area contributed by atoms with Crippen LogP contribution >= 0.6 is 0 Å². The summed E-state index contributed by atoms with van der Waals surface area (Å²) in [6, 6.07) is 6.86. The zero-order valence-electron chi connectivity index (χ0n) is 13.9. The van der Waals surface area contributed by atoms with E-state index < -0.39 is 5.92 Å². The van der Waals surface area contributed by atoms with Crippen molar-refractivity contribution in [3.8, 4) is 0 Å². The summed E-state index contributed by atoms with van der Waals surface area (Å²) in [7, 11) is 0. The van der Waals surface area contributed by atoms with E-state index in [-0.39, 0.29) is 31.0 Å². The number of hydrogen-bond donors (Lipinski definition) is 2. The number of urea groups is 1. The maximum atomic E-state index is 13.2. The highest BCUT2D eigenvalue weighted by Gasteiger charge is 2.35. The first-order valence-corrected chi connectivity index (χ1v) is 8.28. The van der Waals surface area contributed by atoms with Crippen molar-refractivity contribution < 1.29 is 18.0 Å². The molecule has 0 bridgehead atoms. The Kier molecular flexibility index (Phi) is 4.47. The number of carbonyl (C=O) groups excluding carboxylic acids is 1. The van der Waals surface area contributed by atoms with Gasteiger partial charge in [-0.3, -0.25) is 0 Å². The number of amides is 2. The summed E-state index contributed by atoms with van der Waals surface area (Å²) in [5, 5.41) is 6.64. The third kappa shape index (κ3) is 3.52. The predicted molar refractivity (Wildman–Crippen MR) is 88.2 cm³/mol. The molecule has 0 saturated heterocycles. The van der Waals surface area contributed by atoms with Crippen molar-refractivity contribution in [2.75, 3.05) is 0 Å². The minimum atomic E-state index is -2.59. The summed E-state index contributed by atoms with van der Waals surface area (Å²) < 4.78 is 32.1. The molecule has 0 spiro atoms. The number of alkyl halides is 2. The molecule has 2 aromatic rings. The molecule has 2 amide bonds. The van der Waals surface area contributed by atoms with Crippen LogP contribution in [0.15, 0.2) is 28.7 Å². The molecule has 1 aromatic heterocycles. The van der Waals surface area contributed by atoms with Gasteiger partial charge in [0.25, 0.3) is 0 Å². The van der Waals surface area contributed by atoms with Crippen molar-refractivity contribution in [2.24, 2.45) is 0 Å². The molecule has 1 aliphatic rings. The van der Waals surface area contributed by atoms with Gasteiger partial charge in [-0.1, -0.05) is 18.2 Å². The van der Waals surface area contributed by atoms with Crippen LogP contribution in [0.3, 0.4) is 0 Å². The van der Waals surface area contributed by atoms with Crippen molar-refractivity contribution in [3.05, 3.63) is 35.6 Å². The van der Waals surface area contributed by atoms with Crippen LogP contribution in [0.5, 0.6) is 0 Å². The second kappa shape index (κ2) is 6.42. The average Bonchev–Trinajstić information content (AvgIpc) is 2.87. The highest BCUT2D eigenvalue weighted by atomic mass is 19.3. The van der Waals surface area contributed by atoms with E-state index in [0.717, 1.165) is 16.5 Å². The topological polar surface area (TPSA) is 54.3 Å². The molecule has 130 valence electrons. The summed E-state index contributed by atoms with van der Waals surface area (Å²) in [6.45, 7) is 3.81. The van der Waals surface area contributed by atoms with Crippen molar-refractivity contribution in [1.29, 1.82) is 0 Å². The van der Waals surface area contributed by atoms with Gasteiger partial charge in [-0.15, -0.1) is 0 Å². The third-order valence-electron chi connectivity index (χ3n) is 4.67. The molecular formula is C18H22F2N2O2. The van der Waals surface area contributed by atoms with E-state index >= 15 is 0 Å². The average molecular weight is 336 g/mol. The van der Waals surface area contributed by atoms with Crippen LogP contribution in [0.4, 0.5) is 13.6 Å². The number of rotatable bonds is 3. The first-order chi connectivity index (χ1) is 11.4. The Hall–Kier alpha value is -2.11. The van der Waals surface area contributed by atoms with Crippen molar-refractivity contribution in [1.82, 2.24) is 10.6 Å². The zero-order valence-corrected chi connectivity index (χ0v) is 13.9. The SMILES string of the molecule is Cc1c([C@H](C)NC(=O)NC2CCC(F)(F)CC2)oc2ccccc12. The second-order valence-electron chi connectivity index (χ2n) is 6.56. The smallest absolute Gasteiger partial charge is 0.315 e. The standard InChI is InChI=1S/C18H22F2N2O2/c1-11-14-5-3-4-6-15(14)24-16(11)12(2)21-17(23)22-13-7-9-18(19,20)10-8-13/h3-6,12-13H,7-10H2,1-2H3,(H2,21,22,23)/t12-/m0/s1. The van der Waals surface area contributed by atoms with Crippen LogP contribution in [0, 0.1) is 6.92 Å². The highest BCUT2D eigenvalue weighted by Crippen LogP contribution is 2.33. The number of nitrogens with one attached hydrogen (secondary N) is 2. The van der Waals surface area contributed by atoms with Crippen LogP contribution in [0.2, 0.25) is 0 Å². The van der Waals surface area contributed by atoms with E-state index in [2.05, 4.69) is 10.6 Å². The largest absolute Gasteiger partial charge is 0.459 e. The molecule has 1 heterocycles. The summed E-state index contributed by atoms with van der Waals surface area (Å²) in [6.07, 6.45) is 0.267. The Morgan fingerprint density at radius 3 is 2.62 bits per heavy atom. The van der Waals surface area contributed by atoms with Crippen LogP contribution in [-0.4, -0.2) is 18.0 Å². The lowest BCUT2D eigenvalue weighted by Gasteiger charge is -2.29.